The number of carbonyl (C=O) groups is 1. The van der Waals surface area contributed by atoms with Crippen LogP contribution < -0.4 is 15.9 Å². The maximum atomic E-state index is 12.8. The molecule has 1 amide bonds. The number of sulfonamides is 1. The second-order valence-electron chi connectivity index (χ2n) is 10.6. The SMILES string of the molecule is Cc1c(CC(=O)NNS(=O)(=O)c2ccc(C(C)(C)C)cc2)c(=O)oc2cc3occ(-c4ccc(Cl)cc4)c3cc12. The lowest BCUT2D eigenvalue weighted by Gasteiger charge is -2.19. The molecule has 0 saturated carbocycles. The van der Waals surface area contributed by atoms with E-state index in [0.717, 1.165) is 22.1 Å². The first kappa shape index (κ1) is 27.6. The molecule has 2 heterocycles. The summed E-state index contributed by atoms with van der Waals surface area (Å²) in [6, 6.07) is 17.2. The van der Waals surface area contributed by atoms with Crippen molar-refractivity contribution in [3.05, 3.63) is 99.1 Å². The minimum Gasteiger partial charge on any atom is -0.464 e. The zero-order valence-corrected chi connectivity index (χ0v) is 23.9. The van der Waals surface area contributed by atoms with Gasteiger partial charge in [-0.2, -0.15) is 0 Å². The number of hydrazine groups is 1. The number of fused-ring (bicyclic) bond motifs is 2. The van der Waals surface area contributed by atoms with Crippen molar-refractivity contribution in [3.63, 3.8) is 0 Å². The number of rotatable bonds is 6. The normalized spacial score (nSPS) is 12.2. The number of benzene rings is 3. The van der Waals surface area contributed by atoms with Crippen molar-refractivity contribution in [1.82, 2.24) is 10.3 Å². The van der Waals surface area contributed by atoms with Crippen LogP contribution in [0.3, 0.4) is 0 Å². The van der Waals surface area contributed by atoms with Crippen LogP contribution in [0.15, 0.2) is 85.5 Å². The van der Waals surface area contributed by atoms with Gasteiger partial charge in [-0.05, 0) is 59.4 Å². The Hall–Kier alpha value is -3.92. The number of nitrogens with one attached hydrogen (secondary N) is 2. The lowest BCUT2D eigenvalue weighted by atomic mass is 9.87. The van der Waals surface area contributed by atoms with Gasteiger partial charge in [0.15, 0.2) is 0 Å². The predicted octanol–water partition coefficient (Wildman–Crippen LogP) is 6.02. The zero-order chi connectivity index (χ0) is 28.8. The van der Waals surface area contributed by atoms with Gasteiger partial charge in [0.2, 0.25) is 5.91 Å². The third-order valence-electron chi connectivity index (χ3n) is 6.83. The number of carbonyl (C=O) groups excluding carboxylic acids is 1. The molecular weight excluding hydrogens is 552 g/mol. The summed E-state index contributed by atoms with van der Waals surface area (Å²) in [5.74, 6) is -0.712. The molecule has 0 atom stereocenters. The highest BCUT2D eigenvalue weighted by Gasteiger charge is 2.21. The summed E-state index contributed by atoms with van der Waals surface area (Å²) in [5, 5.41) is 2.04. The smallest absolute Gasteiger partial charge is 0.340 e. The van der Waals surface area contributed by atoms with Gasteiger partial charge in [-0.1, -0.05) is 56.6 Å². The Bertz CT molecular complexity index is 1920. The first-order valence-corrected chi connectivity index (χ1v) is 14.3. The van der Waals surface area contributed by atoms with Crippen molar-refractivity contribution >= 4 is 49.5 Å². The molecule has 3 aromatic carbocycles. The molecule has 0 saturated heterocycles. The van der Waals surface area contributed by atoms with Crippen LogP contribution >= 0.6 is 11.6 Å². The summed E-state index contributed by atoms with van der Waals surface area (Å²) in [6.45, 7) is 7.79. The minimum atomic E-state index is -4.02. The number of aryl methyl sites for hydroxylation is 1. The van der Waals surface area contributed by atoms with E-state index < -0.39 is 21.6 Å². The number of amides is 1. The van der Waals surface area contributed by atoms with Gasteiger partial charge >= 0.3 is 5.63 Å². The molecule has 206 valence electrons. The summed E-state index contributed by atoms with van der Waals surface area (Å²) in [5.41, 5.74) is 5.60. The second kappa shape index (κ2) is 10.2. The first-order valence-electron chi connectivity index (χ1n) is 12.5. The van der Waals surface area contributed by atoms with Crippen molar-refractivity contribution in [2.24, 2.45) is 0 Å². The van der Waals surface area contributed by atoms with E-state index in [1.54, 1.807) is 43.5 Å². The summed E-state index contributed by atoms with van der Waals surface area (Å²) in [6.07, 6.45) is 1.24. The largest absolute Gasteiger partial charge is 0.464 e. The highest BCUT2D eigenvalue weighted by molar-refractivity contribution is 7.89. The van der Waals surface area contributed by atoms with E-state index in [-0.39, 0.29) is 22.3 Å². The molecule has 8 nitrogen and oxygen atoms in total. The van der Waals surface area contributed by atoms with Crippen LogP contribution in [0.1, 0.15) is 37.5 Å². The molecule has 0 aliphatic heterocycles. The maximum Gasteiger partial charge on any atom is 0.340 e. The fraction of sp³-hybridized carbons (Fsp3) is 0.200. The van der Waals surface area contributed by atoms with Gasteiger partial charge in [0.1, 0.15) is 11.2 Å². The van der Waals surface area contributed by atoms with Crippen molar-refractivity contribution in [2.45, 2.75) is 44.4 Å². The topological polar surface area (TPSA) is 119 Å². The van der Waals surface area contributed by atoms with E-state index in [1.165, 1.54) is 12.1 Å². The molecule has 5 aromatic rings. The third kappa shape index (κ3) is 5.40. The quantitative estimate of drug-likeness (QED) is 0.188. The van der Waals surface area contributed by atoms with Crippen molar-refractivity contribution in [2.75, 3.05) is 0 Å². The summed E-state index contributed by atoms with van der Waals surface area (Å²) in [7, 11) is -4.02. The standard InChI is InChI=1S/C30H27ClN2O6S/c1-17-22-13-24-25(18-5-9-20(31)10-6-18)16-38-26(24)15-27(22)39-29(35)23(17)14-28(34)32-33-40(36,37)21-11-7-19(8-12-21)30(2,3)4/h5-13,15-16,33H,14H2,1-4H3,(H,32,34). The molecule has 40 heavy (non-hydrogen) atoms. The van der Waals surface area contributed by atoms with Crippen molar-refractivity contribution < 1.29 is 22.0 Å². The average molecular weight is 579 g/mol. The average Bonchev–Trinajstić information content (AvgIpc) is 3.32. The van der Waals surface area contributed by atoms with Gasteiger partial charge in [-0.25, -0.2) is 13.2 Å². The molecule has 0 radical (unpaired) electrons. The molecule has 2 aromatic heterocycles. The first-order chi connectivity index (χ1) is 18.8. The zero-order valence-electron chi connectivity index (χ0n) is 22.3. The molecule has 0 aliphatic carbocycles. The second-order valence-corrected chi connectivity index (χ2v) is 12.7. The third-order valence-corrected chi connectivity index (χ3v) is 8.34. The number of hydrogen-bond acceptors (Lipinski definition) is 6. The Balaban J connectivity index is 1.39. The van der Waals surface area contributed by atoms with Crippen LogP contribution in [0.2, 0.25) is 5.02 Å². The molecule has 10 heteroatoms. The summed E-state index contributed by atoms with van der Waals surface area (Å²) >= 11 is 6.03. The number of hydrogen-bond donors (Lipinski definition) is 2. The fourth-order valence-corrected chi connectivity index (χ4v) is 5.48. The molecule has 5 rings (SSSR count). The van der Waals surface area contributed by atoms with Crippen molar-refractivity contribution in [3.8, 4) is 11.1 Å². The monoisotopic (exact) mass is 578 g/mol. The Morgan fingerprint density at radius 3 is 2.27 bits per heavy atom. The van der Waals surface area contributed by atoms with E-state index in [9.17, 15) is 18.0 Å². The molecule has 0 bridgehead atoms. The predicted molar refractivity (Wildman–Crippen MR) is 155 cm³/mol. The number of halogens is 1. The highest BCUT2D eigenvalue weighted by Crippen LogP contribution is 2.35. The van der Waals surface area contributed by atoms with E-state index in [2.05, 4.69) is 10.3 Å². The van der Waals surface area contributed by atoms with Gasteiger partial charge in [0, 0.05) is 27.4 Å². The van der Waals surface area contributed by atoms with E-state index in [1.807, 2.05) is 39.0 Å². The molecule has 0 unspecified atom stereocenters. The minimum absolute atomic E-state index is 0.00261. The summed E-state index contributed by atoms with van der Waals surface area (Å²) in [4.78, 5) is 27.6. The van der Waals surface area contributed by atoms with Crippen LogP contribution in [0, 0.1) is 6.92 Å². The molecule has 0 fully saturated rings. The lowest BCUT2D eigenvalue weighted by Crippen LogP contribution is -2.42. The van der Waals surface area contributed by atoms with Crippen LogP contribution in [0.25, 0.3) is 33.1 Å². The molecular formula is C30H27ClN2O6S. The van der Waals surface area contributed by atoms with Gasteiger partial charge < -0.3 is 8.83 Å². The molecule has 2 N–H and O–H groups in total. The Morgan fingerprint density at radius 1 is 0.950 bits per heavy atom. The van der Waals surface area contributed by atoms with Crippen LogP contribution in [0.5, 0.6) is 0 Å². The Labute approximate surface area is 236 Å². The Morgan fingerprint density at radius 2 is 1.62 bits per heavy atom. The van der Waals surface area contributed by atoms with Crippen LogP contribution in [-0.4, -0.2) is 14.3 Å². The number of furan rings is 1. The maximum absolute atomic E-state index is 12.8. The van der Waals surface area contributed by atoms with Gasteiger partial charge in [0.05, 0.1) is 23.1 Å². The van der Waals surface area contributed by atoms with Gasteiger partial charge in [-0.15, -0.1) is 4.83 Å². The van der Waals surface area contributed by atoms with E-state index in [4.69, 9.17) is 20.4 Å². The lowest BCUT2D eigenvalue weighted by molar-refractivity contribution is -0.120. The van der Waals surface area contributed by atoms with E-state index >= 15 is 0 Å². The molecule has 0 aliphatic rings. The molecule has 0 spiro atoms. The van der Waals surface area contributed by atoms with E-state index in [0.29, 0.717) is 27.1 Å². The van der Waals surface area contributed by atoms with Crippen LogP contribution in [-0.2, 0) is 26.7 Å². The fourth-order valence-electron chi connectivity index (χ4n) is 4.49. The van der Waals surface area contributed by atoms with Gasteiger partial charge in [-0.3, -0.25) is 10.2 Å². The Kier molecular flexibility index (Phi) is 7.08. The van der Waals surface area contributed by atoms with Crippen LogP contribution in [0.4, 0.5) is 0 Å². The summed E-state index contributed by atoms with van der Waals surface area (Å²) < 4.78 is 36.6. The highest BCUT2D eigenvalue weighted by atomic mass is 35.5. The van der Waals surface area contributed by atoms with Gasteiger partial charge in [0.25, 0.3) is 10.0 Å². The van der Waals surface area contributed by atoms with Crippen molar-refractivity contribution in [1.29, 1.82) is 0 Å².